The Bertz CT molecular complexity index is 1080. The van der Waals surface area contributed by atoms with Crippen molar-refractivity contribution in [3.8, 4) is 6.01 Å². The third kappa shape index (κ3) is 4.40. The van der Waals surface area contributed by atoms with Crippen molar-refractivity contribution in [2.24, 2.45) is 5.92 Å². The second kappa shape index (κ2) is 8.74. The quantitative estimate of drug-likeness (QED) is 0.603. The summed E-state index contributed by atoms with van der Waals surface area (Å²) in [4.78, 5) is 28.8. The Kier molecular flexibility index (Phi) is 5.89. The Morgan fingerprint density at radius 3 is 2.73 bits per heavy atom. The summed E-state index contributed by atoms with van der Waals surface area (Å²) in [6, 6.07) is 4.48. The second-order valence-corrected chi connectivity index (χ2v) is 7.38. The molecule has 3 aromatic rings. The zero-order valence-electron chi connectivity index (χ0n) is 16.1. The van der Waals surface area contributed by atoms with Crippen LogP contribution in [0.1, 0.15) is 25.7 Å². The van der Waals surface area contributed by atoms with Crippen LogP contribution >= 0.6 is 11.6 Å². The van der Waals surface area contributed by atoms with E-state index in [9.17, 15) is 9.18 Å². The molecule has 1 aromatic carbocycles. The number of nitrogens with zero attached hydrogens (tertiary/aromatic N) is 4. The van der Waals surface area contributed by atoms with E-state index < -0.39 is 5.82 Å². The molecule has 1 fully saturated rings. The number of carbonyl (C=O) groups excluding carboxylic acids is 1. The molecule has 1 saturated carbocycles. The van der Waals surface area contributed by atoms with Gasteiger partial charge in [-0.15, -0.1) is 0 Å². The van der Waals surface area contributed by atoms with Gasteiger partial charge in [0.25, 0.3) is 0 Å². The van der Waals surface area contributed by atoms with Crippen LogP contribution in [0.5, 0.6) is 6.01 Å². The minimum atomic E-state index is -0.505. The molecule has 156 valence electrons. The molecule has 0 amide bonds. The predicted molar refractivity (Wildman–Crippen MR) is 108 cm³/mol. The van der Waals surface area contributed by atoms with Crippen molar-refractivity contribution in [2.75, 3.05) is 12.4 Å². The summed E-state index contributed by atoms with van der Waals surface area (Å²) < 4.78 is 24.2. The average Bonchev–Trinajstić information content (AvgIpc) is 2.77. The molecular formula is C20H19ClFN5O3. The molecule has 0 aliphatic heterocycles. The Morgan fingerprint density at radius 1 is 1.20 bits per heavy atom. The zero-order chi connectivity index (χ0) is 21.1. The van der Waals surface area contributed by atoms with Gasteiger partial charge < -0.3 is 14.8 Å². The number of benzene rings is 1. The molecular weight excluding hydrogens is 413 g/mol. The van der Waals surface area contributed by atoms with E-state index >= 15 is 0 Å². The highest BCUT2D eigenvalue weighted by Crippen LogP contribution is 2.29. The number of anilines is 2. The van der Waals surface area contributed by atoms with E-state index in [4.69, 9.17) is 21.1 Å². The summed E-state index contributed by atoms with van der Waals surface area (Å²) in [5.74, 6) is -0.345. The molecule has 1 N–H and O–H groups in total. The highest BCUT2D eigenvalue weighted by Gasteiger charge is 2.28. The van der Waals surface area contributed by atoms with Crippen molar-refractivity contribution < 1.29 is 18.7 Å². The van der Waals surface area contributed by atoms with E-state index in [0.717, 1.165) is 0 Å². The van der Waals surface area contributed by atoms with Crippen LogP contribution in [0.4, 0.5) is 15.9 Å². The number of halogens is 2. The maximum absolute atomic E-state index is 13.4. The number of ether oxygens (including phenoxy) is 2. The van der Waals surface area contributed by atoms with Gasteiger partial charge in [0.2, 0.25) is 0 Å². The molecule has 0 bridgehead atoms. The Labute approximate surface area is 176 Å². The molecule has 0 saturated heterocycles. The standard InChI is InChI=1S/C20H19ClFN5O3/c1-29-19(28)11-2-5-13(6-3-11)30-20-23-9-16-17(27-20)18(25-10-24-16)26-12-4-7-15(22)14(21)8-12/h4,7-11,13H,2-3,5-6H2,1H3,(H,24,25,26). The molecule has 0 atom stereocenters. The minimum Gasteiger partial charge on any atom is -0.469 e. The first-order valence-electron chi connectivity index (χ1n) is 9.48. The molecule has 4 rings (SSSR count). The molecule has 2 heterocycles. The first-order chi connectivity index (χ1) is 14.5. The third-order valence-electron chi connectivity index (χ3n) is 5.02. The van der Waals surface area contributed by atoms with E-state index in [0.29, 0.717) is 48.2 Å². The Morgan fingerprint density at radius 2 is 2.00 bits per heavy atom. The maximum Gasteiger partial charge on any atom is 0.317 e. The summed E-state index contributed by atoms with van der Waals surface area (Å²) >= 11 is 5.85. The van der Waals surface area contributed by atoms with E-state index in [1.165, 1.54) is 25.6 Å². The summed E-state index contributed by atoms with van der Waals surface area (Å²) in [5.41, 5.74) is 1.55. The number of nitrogens with one attached hydrogen (secondary N) is 1. The van der Waals surface area contributed by atoms with E-state index in [2.05, 4.69) is 25.3 Å². The number of carbonyl (C=O) groups is 1. The number of hydrogen-bond acceptors (Lipinski definition) is 8. The molecule has 1 aliphatic rings. The lowest BCUT2D eigenvalue weighted by Crippen LogP contribution is -2.29. The largest absolute Gasteiger partial charge is 0.469 e. The maximum atomic E-state index is 13.4. The number of methoxy groups -OCH3 is 1. The van der Waals surface area contributed by atoms with E-state index in [-0.39, 0.29) is 29.0 Å². The molecule has 30 heavy (non-hydrogen) atoms. The fourth-order valence-electron chi connectivity index (χ4n) is 3.43. The lowest BCUT2D eigenvalue weighted by atomic mass is 9.87. The minimum absolute atomic E-state index is 0.000401. The topological polar surface area (TPSA) is 99.1 Å². The fourth-order valence-corrected chi connectivity index (χ4v) is 3.61. The molecule has 2 aromatic heterocycles. The van der Waals surface area contributed by atoms with Crippen molar-refractivity contribution in [3.05, 3.63) is 41.6 Å². The van der Waals surface area contributed by atoms with Crippen molar-refractivity contribution >= 4 is 40.1 Å². The van der Waals surface area contributed by atoms with Crippen LogP contribution in [0.25, 0.3) is 11.0 Å². The normalized spacial score (nSPS) is 18.8. The van der Waals surface area contributed by atoms with Crippen LogP contribution in [0, 0.1) is 11.7 Å². The van der Waals surface area contributed by atoms with E-state index in [1.807, 2.05) is 0 Å². The first-order valence-corrected chi connectivity index (χ1v) is 9.85. The summed E-state index contributed by atoms with van der Waals surface area (Å²) in [5, 5.41) is 3.07. The lowest BCUT2D eigenvalue weighted by molar-refractivity contribution is -0.147. The van der Waals surface area contributed by atoms with Gasteiger partial charge in [-0.3, -0.25) is 4.79 Å². The number of rotatable bonds is 5. The van der Waals surface area contributed by atoms with Gasteiger partial charge in [-0.1, -0.05) is 11.6 Å². The van der Waals surface area contributed by atoms with Gasteiger partial charge in [0, 0.05) is 5.69 Å². The average molecular weight is 432 g/mol. The second-order valence-electron chi connectivity index (χ2n) is 6.98. The number of esters is 1. The van der Waals surface area contributed by atoms with Crippen molar-refractivity contribution in [3.63, 3.8) is 0 Å². The highest BCUT2D eigenvalue weighted by atomic mass is 35.5. The van der Waals surface area contributed by atoms with Crippen LogP contribution < -0.4 is 10.1 Å². The molecule has 10 heteroatoms. The smallest absolute Gasteiger partial charge is 0.317 e. The monoisotopic (exact) mass is 431 g/mol. The van der Waals surface area contributed by atoms with Gasteiger partial charge in [-0.05, 0) is 43.9 Å². The lowest BCUT2D eigenvalue weighted by Gasteiger charge is -2.26. The highest BCUT2D eigenvalue weighted by molar-refractivity contribution is 6.31. The van der Waals surface area contributed by atoms with Gasteiger partial charge in [-0.25, -0.2) is 19.3 Å². The van der Waals surface area contributed by atoms with Gasteiger partial charge in [-0.2, -0.15) is 4.98 Å². The predicted octanol–water partition coefficient (Wildman–Crippen LogP) is 4.07. The summed E-state index contributed by atoms with van der Waals surface area (Å²) in [7, 11) is 1.40. The molecule has 0 unspecified atom stereocenters. The molecule has 0 radical (unpaired) electrons. The number of aromatic nitrogens is 4. The zero-order valence-corrected chi connectivity index (χ0v) is 16.9. The number of hydrogen-bond donors (Lipinski definition) is 1. The van der Waals surface area contributed by atoms with Gasteiger partial charge >= 0.3 is 12.0 Å². The van der Waals surface area contributed by atoms with Gasteiger partial charge in [0.15, 0.2) is 5.82 Å². The van der Waals surface area contributed by atoms with Crippen molar-refractivity contribution in [2.45, 2.75) is 31.8 Å². The first kappa shape index (κ1) is 20.2. The van der Waals surface area contributed by atoms with Gasteiger partial charge in [0.05, 0.1) is 24.2 Å². The summed E-state index contributed by atoms with van der Waals surface area (Å²) in [6.07, 6.45) is 5.69. The van der Waals surface area contributed by atoms with Gasteiger partial charge in [0.1, 0.15) is 29.3 Å². The van der Waals surface area contributed by atoms with E-state index in [1.54, 1.807) is 12.3 Å². The Hall–Kier alpha value is -3.07. The van der Waals surface area contributed by atoms with Crippen LogP contribution in [0.3, 0.4) is 0 Å². The fraction of sp³-hybridized carbons (Fsp3) is 0.350. The Balaban J connectivity index is 1.51. The van der Waals surface area contributed by atoms with Crippen molar-refractivity contribution in [1.82, 2.24) is 19.9 Å². The molecule has 1 aliphatic carbocycles. The van der Waals surface area contributed by atoms with Crippen LogP contribution in [0.15, 0.2) is 30.7 Å². The SMILES string of the molecule is COC(=O)C1CCC(Oc2ncc3ncnc(Nc4ccc(F)c(Cl)c4)c3n2)CC1. The molecule has 8 nitrogen and oxygen atoms in total. The van der Waals surface area contributed by atoms with Crippen LogP contribution in [-0.4, -0.2) is 39.1 Å². The molecule has 0 spiro atoms. The van der Waals surface area contributed by atoms with Crippen molar-refractivity contribution in [1.29, 1.82) is 0 Å². The number of fused-ring (bicyclic) bond motifs is 1. The van der Waals surface area contributed by atoms with Crippen LogP contribution in [0.2, 0.25) is 5.02 Å². The third-order valence-corrected chi connectivity index (χ3v) is 5.31. The summed E-state index contributed by atoms with van der Waals surface area (Å²) in [6.45, 7) is 0. The van der Waals surface area contributed by atoms with Crippen LogP contribution in [-0.2, 0) is 9.53 Å².